The summed E-state index contributed by atoms with van der Waals surface area (Å²) in [5, 5.41) is 2.95. The summed E-state index contributed by atoms with van der Waals surface area (Å²) in [5.41, 5.74) is 6.16. The highest BCUT2D eigenvalue weighted by molar-refractivity contribution is 7.99. The topological polar surface area (TPSA) is 58.1 Å². The van der Waals surface area contributed by atoms with E-state index in [9.17, 15) is 4.79 Å². The summed E-state index contributed by atoms with van der Waals surface area (Å²) in [6.45, 7) is 5.53. The van der Waals surface area contributed by atoms with Crippen molar-refractivity contribution in [2.45, 2.75) is 39.0 Å². The number of hydrogen-bond donors (Lipinski definition) is 1. The number of anilines is 1. The van der Waals surface area contributed by atoms with E-state index in [0.717, 1.165) is 17.6 Å². The first-order valence-electron chi connectivity index (χ1n) is 11.3. The first kappa shape index (κ1) is 22.8. The molecule has 1 aliphatic heterocycles. The van der Waals surface area contributed by atoms with Crippen molar-refractivity contribution in [3.05, 3.63) is 59.3 Å². The van der Waals surface area contributed by atoms with E-state index in [1.165, 1.54) is 40.9 Å². The lowest BCUT2D eigenvalue weighted by Crippen LogP contribution is -2.26. The molecule has 1 fully saturated rings. The molecule has 2 heterocycles. The molecule has 0 atom stereocenters. The van der Waals surface area contributed by atoms with Gasteiger partial charge in [0, 0.05) is 12.1 Å². The van der Waals surface area contributed by atoms with E-state index in [1.807, 2.05) is 50.1 Å². The van der Waals surface area contributed by atoms with Crippen LogP contribution in [0.2, 0.25) is 13.6 Å². The minimum absolute atomic E-state index is 0.165. The molecule has 7 heteroatoms. The van der Waals surface area contributed by atoms with Crippen LogP contribution in [0, 0.1) is 0 Å². The minimum Gasteiger partial charge on any atom is -0.305 e. The molecule has 0 aliphatic carbocycles. The van der Waals surface area contributed by atoms with E-state index in [1.54, 1.807) is 6.20 Å². The van der Waals surface area contributed by atoms with Crippen LogP contribution in [0.25, 0.3) is 11.0 Å². The van der Waals surface area contributed by atoms with Gasteiger partial charge in [-0.2, -0.15) is 11.8 Å². The number of rotatable bonds is 6. The van der Waals surface area contributed by atoms with Crippen LogP contribution in [0.15, 0.2) is 42.6 Å². The Morgan fingerprint density at radius 3 is 2.47 bits per heavy atom. The van der Waals surface area contributed by atoms with E-state index in [2.05, 4.69) is 36.0 Å². The van der Waals surface area contributed by atoms with Gasteiger partial charge in [0.1, 0.15) is 0 Å². The summed E-state index contributed by atoms with van der Waals surface area (Å²) >= 11 is 2.03. The van der Waals surface area contributed by atoms with E-state index >= 15 is 0 Å². The lowest BCUT2D eigenvalue weighted by Gasteiger charge is -2.23. The average molecular weight is 446 g/mol. The predicted octanol–water partition coefficient (Wildman–Crippen LogP) is 4.52. The number of hydrogen-bond acceptors (Lipinski definition) is 5. The van der Waals surface area contributed by atoms with Crippen molar-refractivity contribution in [3.8, 4) is 0 Å². The Morgan fingerprint density at radius 1 is 1.09 bits per heavy atom. The second kappa shape index (κ2) is 10.0. The molecule has 1 aromatic heterocycles. The molecule has 32 heavy (non-hydrogen) atoms. The van der Waals surface area contributed by atoms with Crippen LogP contribution in [0.5, 0.6) is 0 Å². The van der Waals surface area contributed by atoms with Crippen LogP contribution in [0.1, 0.15) is 40.2 Å². The standard InChI is InChI=1S/C25H31BN4OS/c1-26(2)21-10-9-20(18-11-13-32-14-12-18)23-24(21)28-22(15-27-23)29-25(31)19-7-5-17(6-8-19)16-30(3)4/h5-10,15,18H,11-14,16H2,1-4H3,(H,28,29,31). The van der Waals surface area contributed by atoms with Crippen molar-refractivity contribution in [1.82, 2.24) is 14.9 Å². The van der Waals surface area contributed by atoms with Gasteiger partial charge in [-0.1, -0.05) is 43.4 Å². The molecule has 4 rings (SSSR count). The highest BCUT2D eigenvalue weighted by atomic mass is 32.2. The van der Waals surface area contributed by atoms with E-state index in [-0.39, 0.29) is 5.91 Å². The normalized spacial score (nSPS) is 14.7. The fourth-order valence-electron chi connectivity index (χ4n) is 4.32. The zero-order valence-electron chi connectivity index (χ0n) is 19.4. The number of nitrogens with zero attached hydrogens (tertiary/aromatic N) is 3. The molecular weight excluding hydrogens is 415 g/mol. The molecule has 1 N–H and O–H groups in total. The third-order valence-electron chi connectivity index (χ3n) is 6.00. The van der Waals surface area contributed by atoms with Gasteiger partial charge in [-0.05, 0) is 67.6 Å². The van der Waals surface area contributed by atoms with Gasteiger partial charge in [-0.25, -0.2) is 4.98 Å². The van der Waals surface area contributed by atoms with Gasteiger partial charge < -0.3 is 10.2 Å². The monoisotopic (exact) mass is 446 g/mol. The van der Waals surface area contributed by atoms with Crippen LogP contribution in [-0.2, 0) is 6.54 Å². The quantitative estimate of drug-likeness (QED) is 0.565. The van der Waals surface area contributed by atoms with Crippen molar-refractivity contribution in [2.24, 2.45) is 0 Å². The average Bonchev–Trinajstić information content (AvgIpc) is 2.78. The smallest absolute Gasteiger partial charge is 0.256 e. The number of carbonyl (C=O) groups excluding carboxylic acids is 1. The maximum absolute atomic E-state index is 12.8. The molecule has 0 saturated carbocycles. The number of benzene rings is 2. The molecule has 0 unspecified atom stereocenters. The second-order valence-corrected chi connectivity index (χ2v) is 10.4. The van der Waals surface area contributed by atoms with Gasteiger partial charge in [0.2, 0.25) is 0 Å². The molecule has 1 amide bonds. The van der Waals surface area contributed by atoms with Crippen molar-refractivity contribution in [3.63, 3.8) is 0 Å². The molecule has 1 aliphatic rings. The zero-order chi connectivity index (χ0) is 22.7. The number of aromatic nitrogens is 2. The number of amides is 1. The second-order valence-electron chi connectivity index (χ2n) is 9.13. The van der Waals surface area contributed by atoms with Crippen molar-refractivity contribution >= 4 is 46.7 Å². The van der Waals surface area contributed by atoms with E-state index in [4.69, 9.17) is 9.97 Å². The molecule has 0 spiro atoms. The Morgan fingerprint density at radius 2 is 1.81 bits per heavy atom. The molecule has 3 aromatic rings. The van der Waals surface area contributed by atoms with Crippen LogP contribution in [0.3, 0.4) is 0 Å². The molecular formula is C25H31BN4OS. The summed E-state index contributed by atoms with van der Waals surface area (Å²) < 4.78 is 0. The van der Waals surface area contributed by atoms with Gasteiger partial charge in [0.05, 0.1) is 17.2 Å². The molecule has 1 saturated heterocycles. The number of thioether (sulfide) groups is 1. The largest absolute Gasteiger partial charge is 0.305 e. The Hall–Kier alpha value is -2.38. The Labute approximate surface area is 195 Å². The lowest BCUT2D eigenvalue weighted by molar-refractivity contribution is 0.102. The first-order valence-corrected chi connectivity index (χ1v) is 12.5. The van der Waals surface area contributed by atoms with Gasteiger partial charge in [0.15, 0.2) is 12.5 Å². The zero-order valence-corrected chi connectivity index (χ0v) is 20.2. The van der Waals surface area contributed by atoms with Crippen LogP contribution < -0.4 is 10.8 Å². The predicted molar refractivity (Wildman–Crippen MR) is 138 cm³/mol. The molecule has 0 bridgehead atoms. The van der Waals surface area contributed by atoms with Crippen LogP contribution in [0.4, 0.5) is 5.82 Å². The molecule has 2 aromatic carbocycles. The van der Waals surface area contributed by atoms with Gasteiger partial charge in [-0.15, -0.1) is 0 Å². The van der Waals surface area contributed by atoms with E-state index in [0.29, 0.717) is 24.0 Å². The molecule has 166 valence electrons. The van der Waals surface area contributed by atoms with Crippen LogP contribution >= 0.6 is 11.8 Å². The Kier molecular flexibility index (Phi) is 7.16. The highest BCUT2D eigenvalue weighted by Crippen LogP contribution is 2.34. The first-order chi connectivity index (χ1) is 15.4. The number of fused-ring (bicyclic) bond motifs is 1. The van der Waals surface area contributed by atoms with Gasteiger partial charge in [-0.3, -0.25) is 9.78 Å². The van der Waals surface area contributed by atoms with Crippen LogP contribution in [-0.4, -0.2) is 53.1 Å². The van der Waals surface area contributed by atoms with E-state index < -0.39 is 0 Å². The van der Waals surface area contributed by atoms with Crippen molar-refractivity contribution in [2.75, 3.05) is 30.9 Å². The number of carbonyl (C=O) groups is 1. The minimum atomic E-state index is -0.165. The summed E-state index contributed by atoms with van der Waals surface area (Å²) in [7, 11) is 4.06. The maximum atomic E-state index is 12.8. The van der Waals surface area contributed by atoms with Gasteiger partial charge in [0.25, 0.3) is 5.91 Å². The lowest BCUT2D eigenvalue weighted by atomic mass is 9.49. The van der Waals surface area contributed by atoms with Crippen molar-refractivity contribution in [1.29, 1.82) is 0 Å². The summed E-state index contributed by atoms with van der Waals surface area (Å²) in [6.07, 6.45) is 4.07. The fraction of sp³-hybridized carbons (Fsp3) is 0.400. The Balaban J connectivity index is 1.62. The fourth-order valence-corrected chi connectivity index (χ4v) is 5.42. The SMILES string of the molecule is CB(C)c1ccc(C2CCSCC2)c2ncc(NC(=O)c3ccc(CN(C)C)cc3)nc12. The summed E-state index contributed by atoms with van der Waals surface area (Å²) in [5.74, 6) is 3.27. The molecule has 5 nitrogen and oxygen atoms in total. The number of nitrogens with one attached hydrogen (secondary N) is 1. The third kappa shape index (κ3) is 5.16. The Bertz CT molecular complexity index is 1100. The summed E-state index contributed by atoms with van der Waals surface area (Å²) in [6, 6.07) is 12.2. The maximum Gasteiger partial charge on any atom is 0.256 e. The van der Waals surface area contributed by atoms with Crippen molar-refractivity contribution < 1.29 is 4.79 Å². The third-order valence-corrected chi connectivity index (χ3v) is 7.05. The highest BCUT2D eigenvalue weighted by Gasteiger charge is 2.22. The van der Waals surface area contributed by atoms with Gasteiger partial charge >= 0.3 is 0 Å². The summed E-state index contributed by atoms with van der Waals surface area (Å²) in [4.78, 5) is 24.6. The molecule has 0 radical (unpaired) electrons.